The largest absolute Gasteiger partial charge is 0.252 e. The Bertz CT molecular complexity index is 570. The highest BCUT2D eigenvalue weighted by Gasteiger charge is 2.34. The quantitative estimate of drug-likeness (QED) is 0.750. The maximum Gasteiger partial charge on any atom is 0.252 e. The van der Waals surface area contributed by atoms with Crippen LogP contribution >= 0.6 is 22.9 Å². The third-order valence-corrected chi connectivity index (χ3v) is 8.15. The van der Waals surface area contributed by atoms with Crippen molar-refractivity contribution in [1.82, 2.24) is 4.31 Å². The monoisotopic (exact) mass is 349 g/mol. The molecule has 120 valence electrons. The summed E-state index contributed by atoms with van der Waals surface area (Å²) in [6.07, 6.45) is 4.79. The van der Waals surface area contributed by atoms with Gasteiger partial charge in [0, 0.05) is 23.8 Å². The Balaban J connectivity index is 2.11. The Morgan fingerprint density at radius 1 is 1.33 bits per heavy atom. The molecule has 1 aliphatic rings. The van der Waals surface area contributed by atoms with Gasteiger partial charge in [0.15, 0.2) is 0 Å². The number of hydrogen-bond donors (Lipinski definition) is 0. The minimum absolute atomic E-state index is 0.126. The van der Waals surface area contributed by atoms with E-state index in [2.05, 4.69) is 13.8 Å². The fourth-order valence-electron chi connectivity index (χ4n) is 2.81. The topological polar surface area (TPSA) is 37.4 Å². The van der Waals surface area contributed by atoms with Crippen LogP contribution < -0.4 is 0 Å². The maximum atomic E-state index is 12.7. The summed E-state index contributed by atoms with van der Waals surface area (Å²) >= 11 is 7.06. The van der Waals surface area contributed by atoms with Crippen LogP contribution in [0, 0.1) is 5.41 Å². The van der Waals surface area contributed by atoms with Crippen molar-refractivity contribution >= 4 is 33.0 Å². The first-order valence-electron chi connectivity index (χ1n) is 7.39. The standard InChI is InChI=1S/C15H24ClNO2S2/c1-15(2)9-6-12(7-10-15)17(3)21(18,19)14-5-4-13(20-14)8-11-16/h4-5,12H,6-11H2,1-3H3. The Kier molecular flexibility index (Phi) is 5.40. The Morgan fingerprint density at radius 3 is 2.52 bits per heavy atom. The van der Waals surface area contributed by atoms with Crippen LogP contribution in [0.1, 0.15) is 44.4 Å². The summed E-state index contributed by atoms with van der Waals surface area (Å²) in [4.78, 5) is 1.03. The summed E-state index contributed by atoms with van der Waals surface area (Å²) in [5, 5.41) is 0. The van der Waals surface area contributed by atoms with Crippen molar-refractivity contribution in [2.24, 2.45) is 5.41 Å². The zero-order valence-corrected chi connectivity index (χ0v) is 15.3. The van der Waals surface area contributed by atoms with Crippen molar-refractivity contribution in [3.63, 3.8) is 0 Å². The number of alkyl halides is 1. The molecule has 6 heteroatoms. The molecule has 1 saturated carbocycles. The van der Waals surface area contributed by atoms with Gasteiger partial charge in [-0.2, -0.15) is 4.31 Å². The van der Waals surface area contributed by atoms with E-state index in [1.807, 2.05) is 6.07 Å². The van der Waals surface area contributed by atoms with E-state index in [1.54, 1.807) is 17.4 Å². The Morgan fingerprint density at radius 2 is 1.95 bits per heavy atom. The predicted molar refractivity (Wildman–Crippen MR) is 89.7 cm³/mol. The number of rotatable bonds is 5. The summed E-state index contributed by atoms with van der Waals surface area (Å²) in [6, 6.07) is 3.71. The second kappa shape index (κ2) is 6.57. The van der Waals surface area contributed by atoms with Crippen LogP contribution in [-0.2, 0) is 16.4 Å². The van der Waals surface area contributed by atoms with Crippen LogP contribution in [0.2, 0.25) is 0 Å². The Hall–Kier alpha value is -0.100. The van der Waals surface area contributed by atoms with Crippen molar-refractivity contribution in [2.75, 3.05) is 12.9 Å². The predicted octanol–water partition coefficient (Wildman–Crippen LogP) is 4.12. The van der Waals surface area contributed by atoms with E-state index in [0.29, 0.717) is 15.5 Å². The molecule has 0 amide bonds. The zero-order chi connectivity index (χ0) is 15.7. The second-order valence-electron chi connectivity index (χ2n) is 6.58. The first kappa shape index (κ1) is 17.3. The highest BCUT2D eigenvalue weighted by Crippen LogP contribution is 2.38. The highest BCUT2D eigenvalue weighted by molar-refractivity contribution is 7.91. The van der Waals surface area contributed by atoms with Gasteiger partial charge in [0.05, 0.1) is 0 Å². The molecule has 0 spiro atoms. The van der Waals surface area contributed by atoms with E-state index in [4.69, 9.17) is 11.6 Å². The average molecular weight is 350 g/mol. The van der Waals surface area contributed by atoms with Gasteiger partial charge in [0.1, 0.15) is 4.21 Å². The second-order valence-corrected chi connectivity index (χ2v) is 10.3. The van der Waals surface area contributed by atoms with Gasteiger partial charge in [-0.25, -0.2) is 8.42 Å². The SMILES string of the molecule is CN(C1CCC(C)(C)CC1)S(=O)(=O)c1ccc(CCCl)s1. The molecule has 0 bridgehead atoms. The van der Waals surface area contributed by atoms with E-state index < -0.39 is 10.0 Å². The lowest BCUT2D eigenvalue weighted by atomic mass is 9.76. The molecule has 0 unspecified atom stereocenters. The fourth-order valence-corrected chi connectivity index (χ4v) is 6.08. The van der Waals surface area contributed by atoms with E-state index in [9.17, 15) is 8.42 Å². The molecule has 1 fully saturated rings. The smallest absolute Gasteiger partial charge is 0.206 e. The molecule has 2 rings (SSSR count). The van der Waals surface area contributed by atoms with E-state index in [1.165, 1.54) is 11.3 Å². The van der Waals surface area contributed by atoms with Gasteiger partial charge in [0.25, 0.3) is 10.0 Å². The van der Waals surface area contributed by atoms with Crippen molar-refractivity contribution in [2.45, 2.75) is 56.2 Å². The molecule has 0 radical (unpaired) electrons. The molecule has 1 aromatic heterocycles. The van der Waals surface area contributed by atoms with Crippen molar-refractivity contribution in [3.05, 3.63) is 17.0 Å². The van der Waals surface area contributed by atoms with E-state index in [-0.39, 0.29) is 6.04 Å². The summed E-state index contributed by atoms with van der Waals surface area (Å²) in [5.74, 6) is 0.521. The number of hydrogen-bond acceptors (Lipinski definition) is 3. The molecule has 0 N–H and O–H groups in total. The summed E-state index contributed by atoms with van der Waals surface area (Å²) in [5.41, 5.74) is 0.345. The highest BCUT2D eigenvalue weighted by atomic mass is 35.5. The number of aryl methyl sites for hydroxylation is 1. The molecule has 1 aliphatic carbocycles. The number of halogens is 1. The summed E-state index contributed by atoms with van der Waals surface area (Å²) in [6.45, 7) is 4.52. The van der Waals surface area contributed by atoms with Crippen LogP contribution in [0.25, 0.3) is 0 Å². The van der Waals surface area contributed by atoms with Gasteiger partial charge in [-0.3, -0.25) is 0 Å². The molecule has 0 aromatic carbocycles. The lowest BCUT2D eigenvalue weighted by Crippen LogP contribution is -2.40. The van der Waals surface area contributed by atoms with Crippen molar-refractivity contribution < 1.29 is 8.42 Å². The van der Waals surface area contributed by atoms with Gasteiger partial charge in [-0.15, -0.1) is 22.9 Å². The average Bonchev–Trinajstić information content (AvgIpc) is 2.88. The van der Waals surface area contributed by atoms with Crippen LogP contribution in [0.3, 0.4) is 0 Å². The van der Waals surface area contributed by atoms with Crippen LogP contribution in [0.15, 0.2) is 16.3 Å². The third kappa shape index (κ3) is 4.01. The van der Waals surface area contributed by atoms with Gasteiger partial charge in [0.2, 0.25) is 0 Å². The number of sulfonamides is 1. The minimum Gasteiger partial charge on any atom is -0.206 e. The summed E-state index contributed by atoms with van der Waals surface area (Å²) < 4.78 is 27.4. The van der Waals surface area contributed by atoms with Crippen molar-refractivity contribution in [1.29, 1.82) is 0 Å². The van der Waals surface area contributed by atoms with Crippen LogP contribution in [-0.4, -0.2) is 31.7 Å². The van der Waals surface area contributed by atoms with Gasteiger partial charge in [-0.05, 0) is 49.7 Å². The maximum absolute atomic E-state index is 12.7. The van der Waals surface area contributed by atoms with Gasteiger partial charge >= 0.3 is 0 Å². The molecule has 21 heavy (non-hydrogen) atoms. The lowest BCUT2D eigenvalue weighted by molar-refractivity contribution is 0.174. The molecule has 0 atom stereocenters. The van der Waals surface area contributed by atoms with Crippen LogP contribution in [0.5, 0.6) is 0 Å². The minimum atomic E-state index is -3.36. The first-order chi connectivity index (χ1) is 9.76. The normalized spacial score (nSPS) is 20.0. The number of thiophene rings is 1. The van der Waals surface area contributed by atoms with Gasteiger partial charge < -0.3 is 0 Å². The van der Waals surface area contributed by atoms with Gasteiger partial charge in [-0.1, -0.05) is 13.8 Å². The van der Waals surface area contributed by atoms with Crippen LogP contribution in [0.4, 0.5) is 0 Å². The lowest BCUT2D eigenvalue weighted by Gasteiger charge is -2.37. The molecular formula is C15H24ClNO2S2. The summed E-state index contributed by atoms with van der Waals surface area (Å²) in [7, 11) is -1.64. The van der Waals surface area contributed by atoms with E-state index in [0.717, 1.165) is 37.0 Å². The third-order valence-electron chi connectivity index (χ3n) is 4.43. The zero-order valence-electron chi connectivity index (χ0n) is 12.9. The van der Waals surface area contributed by atoms with E-state index >= 15 is 0 Å². The molecule has 1 heterocycles. The Labute approximate surface area is 137 Å². The first-order valence-corrected chi connectivity index (χ1v) is 10.2. The fraction of sp³-hybridized carbons (Fsp3) is 0.733. The molecule has 0 saturated heterocycles. The molecule has 1 aromatic rings. The molecule has 0 aliphatic heterocycles. The molecular weight excluding hydrogens is 326 g/mol. The van der Waals surface area contributed by atoms with Crippen molar-refractivity contribution in [3.8, 4) is 0 Å². The molecule has 3 nitrogen and oxygen atoms in total. The number of nitrogens with zero attached hydrogens (tertiary/aromatic N) is 1.